The number of halogens is 1. The maximum atomic E-state index is 13.2. The van der Waals surface area contributed by atoms with Gasteiger partial charge in [0.25, 0.3) is 0 Å². The molecule has 24 heavy (non-hydrogen) atoms. The van der Waals surface area contributed by atoms with Crippen molar-refractivity contribution in [3.63, 3.8) is 0 Å². The van der Waals surface area contributed by atoms with Crippen molar-refractivity contribution in [2.24, 2.45) is 0 Å². The van der Waals surface area contributed by atoms with Gasteiger partial charge in [-0.25, -0.2) is 9.07 Å². The molecule has 1 aromatic heterocycles. The number of aromatic nitrogens is 2. The van der Waals surface area contributed by atoms with Crippen LogP contribution < -0.4 is 0 Å². The van der Waals surface area contributed by atoms with E-state index in [0.717, 1.165) is 16.8 Å². The molecule has 0 aliphatic rings. The molecule has 0 saturated carbocycles. The van der Waals surface area contributed by atoms with E-state index in [2.05, 4.69) is 17.7 Å². The van der Waals surface area contributed by atoms with Gasteiger partial charge < -0.3 is 5.11 Å². The largest absolute Gasteiger partial charge is 0.480 e. The first-order valence-electron chi connectivity index (χ1n) is 7.35. The van der Waals surface area contributed by atoms with Gasteiger partial charge in [-0.3, -0.25) is 4.79 Å². The normalized spacial score (nSPS) is 12.1. The summed E-state index contributed by atoms with van der Waals surface area (Å²) in [6.07, 6.45) is 2.01. The van der Waals surface area contributed by atoms with Crippen LogP contribution in [0.2, 0.25) is 0 Å². The molecule has 3 aromatic rings. The zero-order valence-corrected chi connectivity index (χ0v) is 13.5. The predicted molar refractivity (Wildman–Crippen MR) is 93.1 cm³/mol. The van der Waals surface area contributed by atoms with Crippen LogP contribution in [0.1, 0.15) is 5.56 Å². The average molecular weight is 342 g/mol. The summed E-state index contributed by atoms with van der Waals surface area (Å²) in [6, 6.07) is 15.5. The number of rotatable bonds is 5. The summed E-state index contributed by atoms with van der Waals surface area (Å²) in [5, 5.41) is 12.8. The maximum Gasteiger partial charge on any atom is 0.316 e. The van der Waals surface area contributed by atoms with Gasteiger partial charge in [-0.2, -0.15) is 17.7 Å². The summed E-state index contributed by atoms with van der Waals surface area (Å²) < 4.78 is 14.9. The number of para-hydroxylation sites is 1. The Bertz CT molecular complexity index is 847. The number of nitrogens with zero attached hydrogens (tertiary/aromatic N) is 2. The summed E-state index contributed by atoms with van der Waals surface area (Å²) in [6.45, 7) is 0. The first-order chi connectivity index (χ1) is 11.5. The van der Waals surface area contributed by atoms with Gasteiger partial charge in [-0.15, -0.1) is 0 Å². The van der Waals surface area contributed by atoms with Crippen LogP contribution in [0.5, 0.6) is 0 Å². The third-order valence-electron chi connectivity index (χ3n) is 3.63. The third-order valence-corrected chi connectivity index (χ3v) is 4.03. The van der Waals surface area contributed by atoms with Gasteiger partial charge in [0.1, 0.15) is 11.1 Å². The van der Waals surface area contributed by atoms with Gasteiger partial charge >= 0.3 is 5.97 Å². The topological polar surface area (TPSA) is 55.1 Å². The Morgan fingerprint density at radius 1 is 1.17 bits per heavy atom. The molecule has 0 radical (unpaired) electrons. The summed E-state index contributed by atoms with van der Waals surface area (Å²) >= 11 is 4.11. The number of hydrogen-bond donors (Lipinski definition) is 2. The van der Waals surface area contributed by atoms with Gasteiger partial charge in [-0.05, 0) is 42.8 Å². The molecule has 0 amide bonds. The maximum absolute atomic E-state index is 13.2. The van der Waals surface area contributed by atoms with Crippen molar-refractivity contribution in [3.8, 4) is 16.9 Å². The van der Waals surface area contributed by atoms with Crippen molar-refractivity contribution in [2.75, 3.05) is 0 Å². The van der Waals surface area contributed by atoms with E-state index in [-0.39, 0.29) is 12.2 Å². The highest BCUT2D eigenvalue weighted by molar-refractivity contribution is 7.81. The van der Waals surface area contributed by atoms with E-state index >= 15 is 0 Å². The second kappa shape index (κ2) is 6.88. The van der Waals surface area contributed by atoms with Crippen LogP contribution in [0.15, 0.2) is 60.8 Å². The first kappa shape index (κ1) is 16.3. The highest BCUT2D eigenvalue weighted by Crippen LogP contribution is 2.26. The molecular weight excluding hydrogens is 327 g/mol. The number of carboxylic acid groups (broad SMARTS) is 1. The molecular formula is C18H15FN2O2S. The molecule has 3 rings (SSSR count). The molecule has 1 atom stereocenters. The van der Waals surface area contributed by atoms with E-state index < -0.39 is 11.2 Å². The van der Waals surface area contributed by atoms with E-state index in [1.54, 1.807) is 23.0 Å². The second-order valence-electron chi connectivity index (χ2n) is 5.35. The number of aliphatic carboxylic acids is 1. The van der Waals surface area contributed by atoms with Crippen LogP contribution in [0.3, 0.4) is 0 Å². The van der Waals surface area contributed by atoms with Crippen molar-refractivity contribution in [1.29, 1.82) is 0 Å². The molecule has 1 N–H and O–H groups in total. The van der Waals surface area contributed by atoms with Crippen molar-refractivity contribution >= 4 is 18.6 Å². The lowest BCUT2D eigenvalue weighted by atomic mass is 10.0. The van der Waals surface area contributed by atoms with E-state index in [9.17, 15) is 9.18 Å². The Morgan fingerprint density at radius 3 is 2.46 bits per heavy atom. The highest BCUT2D eigenvalue weighted by Gasteiger charge is 2.19. The number of carbonyl (C=O) groups is 1. The molecule has 0 spiro atoms. The number of thiol groups is 1. The molecule has 6 heteroatoms. The lowest BCUT2D eigenvalue weighted by Crippen LogP contribution is -2.16. The van der Waals surface area contributed by atoms with Crippen LogP contribution in [0.4, 0.5) is 4.39 Å². The van der Waals surface area contributed by atoms with Crippen LogP contribution in [0, 0.1) is 5.82 Å². The molecule has 4 nitrogen and oxygen atoms in total. The molecule has 0 aliphatic heterocycles. The minimum atomic E-state index is -0.990. The number of carboxylic acids is 1. The predicted octanol–water partition coefficient (Wildman–Crippen LogP) is 3.60. The SMILES string of the molecule is O=C(O)C(S)Cc1cn(-c2ccccc2)nc1-c1ccc(F)cc1. The van der Waals surface area contributed by atoms with Crippen LogP contribution in [0.25, 0.3) is 16.9 Å². The minimum Gasteiger partial charge on any atom is -0.480 e. The molecule has 122 valence electrons. The quantitative estimate of drug-likeness (QED) is 0.697. The Labute approximate surface area is 144 Å². The fourth-order valence-corrected chi connectivity index (χ4v) is 2.62. The Hall–Kier alpha value is -2.60. The Kier molecular flexibility index (Phi) is 4.66. The average Bonchev–Trinajstić information content (AvgIpc) is 3.00. The van der Waals surface area contributed by atoms with Gasteiger partial charge in [0.2, 0.25) is 0 Å². The minimum absolute atomic E-state index is 0.220. The van der Waals surface area contributed by atoms with Crippen LogP contribution in [-0.4, -0.2) is 26.1 Å². The highest BCUT2D eigenvalue weighted by atomic mass is 32.1. The molecule has 0 fully saturated rings. The van der Waals surface area contributed by atoms with Crippen LogP contribution in [-0.2, 0) is 11.2 Å². The molecule has 1 unspecified atom stereocenters. The fourth-order valence-electron chi connectivity index (χ4n) is 2.42. The number of hydrogen-bond acceptors (Lipinski definition) is 3. The Balaban J connectivity index is 2.06. The monoisotopic (exact) mass is 342 g/mol. The zero-order valence-electron chi connectivity index (χ0n) is 12.6. The van der Waals surface area contributed by atoms with Gasteiger partial charge in [0.05, 0.1) is 11.4 Å². The van der Waals surface area contributed by atoms with E-state index in [1.807, 2.05) is 30.3 Å². The summed E-state index contributed by atoms with van der Waals surface area (Å²) in [5.74, 6) is -1.32. The summed E-state index contributed by atoms with van der Waals surface area (Å²) in [7, 11) is 0. The van der Waals surface area contributed by atoms with Gasteiger partial charge in [0, 0.05) is 17.3 Å². The van der Waals surface area contributed by atoms with E-state index in [0.29, 0.717) is 5.69 Å². The van der Waals surface area contributed by atoms with E-state index in [1.165, 1.54) is 12.1 Å². The summed E-state index contributed by atoms with van der Waals surface area (Å²) in [5.41, 5.74) is 2.96. The zero-order chi connectivity index (χ0) is 17.1. The molecule has 1 heterocycles. The third kappa shape index (κ3) is 3.49. The molecule has 0 saturated heterocycles. The van der Waals surface area contributed by atoms with Crippen molar-refractivity contribution < 1.29 is 14.3 Å². The van der Waals surface area contributed by atoms with Crippen LogP contribution >= 0.6 is 12.6 Å². The summed E-state index contributed by atoms with van der Waals surface area (Å²) in [4.78, 5) is 11.1. The molecule has 0 bridgehead atoms. The molecule has 2 aromatic carbocycles. The lowest BCUT2D eigenvalue weighted by Gasteiger charge is -2.05. The molecule has 0 aliphatic carbocycles. The smallest absolute Gasteiger partial charge is 0.316 e. The second-order valence-corrected chi connectivity index (χ2v) is 5.97. The fraction of sp³-hybridized carbons (Fsp3) is 0.111. The van der Waals surface area contributed by atoms with Crippen molar-refractivity contribution in [1.82, 2.24) is 9.78 Å². The van der Waals surface area contributed by atoms with E-state index in [4.69, 9.17) is 5.11 Å². The van der Waals surface area contributed by atoms with Crippen molar-refractivity contribution in [2.45, 2.75) is 11.7 Å². The Morgan fingerprint density at radius 2 is 1.83 bits per heavy atom. The number of benzene rings is 2. The standard InChI is InChI=1S/C18H15FN2O2S/c19-14-8-6-12(7-9-14)17-13(10-16(24)18(22)23)11-21(20-17)15-4-2-1-3-5-15/h1-9,11,16,24H,10H2,(H,22,23). The van der Waals surface area contributed by atoms with Gasteiger partial charge in [0.15, 0.2) is 0 Å². The van der Waals surface area contributed by atoms with Gasteiger partial charge in [-0.1, -0.05) is 18.2 Å². The lowest BCUT2D eigenvalue weighted by molar-refractivity contribution is -0.136. The first-order valence-corrected chi connectivity index (χ1v) is 7.87. The van der Waals surface area contributed by atoms with Crippen molar-refractivity contribution in [3.05, 3.63) is 72.2 Å².